The molecule has 1 amide bonds. The third-order valence-corrected chi connectivity index (χ3v) is 14.2. The Labute approximate surface area is 301 Å². The van der Waals surface area contributed by atoms with Crippen LogP contribution in [0.25, 0.3) is 22.6 Å². The summed E-state index contributed by atoms with van der Waals surface area (Å²) in [6.45, 7) is 21.3. The maximum absolute atomic E-state index is 14.9. The first-order valence-electron chi connectivity index (χ1n) is 18.3. The van der Waals surface area contributed by atoms with Gasteiger partial charge in [-0.05, 0) is 61.7 Å². The van der Waals surface area contributed by atoms with Gasteiger partial charge in [0, 0.05) is 59.4 Å². The molecule has 3 aliphatic rings. The van der Waals surface area contributed by atoms with E-state index in [4.69, 9.17) is 24.3 Å². The second-order valence-corrected chi connectivity index (χ2v) is 28.7. The van der Waals surface area contributed by atoms with E-state index in [1.807, 2.05) is 9.58 Å². The second kappa shape index (κ2) is 14.3. The maximum atomic E-state index is 14.9. The molecule has 1 N–H and O–H groups in total. The molecule has 2 fully saturated rings. The third kappa shape index (κ3) is 8.81. The van der Waals surface area contributed by atoms with Crippen LogP contribution in [0.3, 0.4) is 0 Å². The summed E-state index contributed by atoms with van der Waals surface area (Å²) >= 11 is 0. The van der Waals surface area contributed by atoms with Crippen molar-refractivity contribution in [3.63, 3.8) is 0 Å². The van der Waals surface area contributed by atoms with Crippen LogP contribution in [0.15, 0.2) is 12.1 Å². The van der Waals surface area contributed by atoms with Crippen molar-refractivity contribution in [3.8, 4) is 11.5 Å². The molecule has 1 aromatic carbocycles. The average Bonchev–Trinajstić information content (AvgIpc) is 3.40. The topological polar surface area (TPSA) is 95.7 Å². The van der Waals surface area contributed by atoms with Gasteiger partial charge in [-0.1, -0.05) is 46.2 Å². The van der Waals surface area contributed by atoms with E-state index < -0.39 is 33.9 Å². The molecule has 2 aliphatic carbocycles. The van der Waals surface area contributed by atoms with Gasteiger partial charge >= 0.3 is 6.18 Å². The second-order valence-electron chi connectivity index (χ2n) is 17.5. The maximum Gasteiger partial charge on any atom is 0.418 e. The summed E-state index contributed by atoms with van der Waals surface area (Å²) in [5, 5.41) is 7.83. The highest BCUT2D eigenvalue weighted by Gasteiger charge is 2.54. The minimum absolute atomic E-state index is 0.00464. The number of nitrogens with zero attached hydrogens (tertiary/aromatic N) is 5. The van der Waals surface area contributed by atoms with E-state index in [0.717, 1.165) is 48.7 Å². The van der Waals surface area contributed by atoms with Crippen LogP contribution in [0.4, 0.5) is 18.9 Å². The number of ether oxygens (including phenoxy) is 3. The fourth-order valence-electron chi connectivity index (χ4n) is 7.16. The van der Waals surface area contributed by atoms with Gasteiger partial charge in [0.25, 0.3) is 0 Å². The van der Waals surface area contributed by atoms with Crippen LogP contribution in [-0.4, -0.2) is 91.8 Å². The van der Waals surface area contributed by atoms with Crippen LogP contribution in [0, 0.1) is 11.3 Å². The van der Waals surface area contributed by atoms with Gasteiger partial charge in [-0.3, -0.25) is 14.3 Å². The zero-order valence-corrected chi connectivity index (χ0v) is 33.5. The molecular formula is C36H55F3N6O4Si2. The Morgan fingerprint density at radius 3 is 2.33 bits per heavy atom. The van der Waals surface area contributed by atoms with Crippen molar-refractivity contribution in [1.29, 1.82) is 0 Å². The normalized spacial score (nSPS) is 21.8. The molecule has 1 saturated heterocycles. The third-order valence-electron chi connectivity index (χ3n) is 10.8. The van der Waals surface area contributed by atoms with Gasteiger partial charge in [0.05, 0.1) is 30.3 Å². The molecule has 3 atom stereocenters. The van der Waals surface area contributed by atoms with E-state index in [2.05, 4.69) is 51.5 Å². The summed E-state index contributed by atoms with van der Waals surface area (Å²) in [4.78, 5) is 20.1. The summed E-state index contributed by atoms with van der Waals surface area (Å²) in [6, 6.07) is 3.98. The Morgan fingerprint density at radius 1 is 1.06 bits per heavy atom. The van der Waals surface area contributed by atoms with E-state index in [0.29, 0.717) is 57.0 Å². The fraction of sp³-hybridized carbons (Fsp3) is 0.694. The quantitative estimate of drug-likeness (QED) is 0.136. The van der Waals surface area contributed by atoms with E-state index in [-0.39, 0.29) is 41.5 Å². The van der Waals surface area contributed by atoms with E-state index in [9.17, 15) is 18.0 Å². The van der Waals surface area contributed by atoms with Gasteiger partial charge in [0.15, 0.2) is 5.82 Å². The Hall–Kier alpha value is -2.57. The number of anilines is 1. The summed E-state index contributed by atoms with van der Waals surface area (Å²) in [7, 11) is -2.74. The number of amides is 1. The van der Waals surface area contributed by atoms with Crippen LogP contribution >= 0.6 is 0 Å². The first-order chi connectivity index (χ1) is 23.8. The average molecular weight is 749 g/mol. The van der Waals surface area contributed by atoms with Gasteiger partial charge in [-0.15, -0.1) is 0 Å². The highest BCUT2D eigenvalue weighted by molar-refractivity contribution is 6.76. The molecule has 3 heterocycles. The standard InChI is InChI=1S/C36H55F3N6O4Si2/c1-24(43-9-11-47-12-10-43)34(46)40-26-18-28(36(37,38)39)32-29(19-26)44(22-48-13-15-50(3,4)5)33(41-32)31-27-17-25-20-35(25,2)21-30(27)45(42-31)23-49-14-16-51(6,7)8/h18-19,24-25H,9-17,20-23H2,1-8H3,(H,40,46)/t24-,25+,35+/m0/s1. The van der Waals surface area contributed by atoms with Crippen LogP contribution in [0.2, 0.25) is 51.4 Å². The van der Waals surface area contributed by atoms with Gasteiger partial charge < -0.3 is 19.5 Å². The summed E-state index contributed by atoms with van der Waals surface area (Å²) in [6.07, 6.45) is -1.97. The lowest BCUT2D eigenvalue weighted by atomic mass is 9.87. The minimum Gasteiger partial charge on any atom is -0.379 e. The van der Waals surface area contributed by atoms with Crippen molar-refractivity contribution in [2.45, 2.75) is 110 Å². The zero-order chi connectivity index (χ0) is 36.9. The number of halogens is 3. The van der Waals surface area contributed by atoms with Crippen LogP contribution in [-0.2, 0) is 51.5 Å². The highest BCUT2D eigenvalue weighted by atomic mass is 28.3. The van der Waals surface area contributed by atoms with Crippen molar-refractivity contribution >= 4 is 38.8 Å². The number of benzene rings is 1. The largest absolute Gasteiger partial charge is 0.418 e. The van der Waals surface area contributed by atoms with E-state index in [1.54, 1.807) is 17.6 Å². The highest BCUT2D eigenvalue weighted by Crippen LogP contribution is 2.60. The number of imidazole rings is 1. The number of fused-ring (bicyclic) bond motifs is 3. The predicted molar refractivity (Wildman–Crippen MR) is 198 cm³/mol. The molecule has 15 heteroatoms. The van der Waals surface area contributed by atoms with Crippen molar-refractivity contribution in [3.05, 3.63) is 29.0 Å². The Kier molecular flexibility index (Phi) is 10.7. The number of hydrogen-bond acceptors (Lipinski definition) is 7. The molecule has 1 aliphatic heterocycles. The van der Waals surface area contributed by atoms with Crippen molar-refractivity contribution in [2.24, 2.45) is 11.3 Å². The van der Waals surface area contributed by atoms with Gasteiger partial charge in [-0.25, -0.2) is 9.67 Å². The number of morpholine rings is 1. The van der Waals surface area contributed by atoms with Crippen molar-refractivity contribution in [2.75, 3.05) is 44.8 Å². The monoisotopic (exact) mass is 748 g/mol. The molecule has 0 spiro atoms. The van der Waals surface area contributed by atoms with Crippen molar-refractivity contribution < 1.29 is 32.2 Å². The van der Waals surface area contributed by atoms with Crippen LogP contribution < -0.4 is 5.32 Å². The SMILES string of the molecule is C[C@@H](C(=O)Nc1cc(C(F)(F)F)c2nc(-c3nn(COCC[Si](C)(C)C)c4c3C[C@@H]3C[C@]3(C)C4)n(COCC[Si](C)(C)C)c2c1)N1CCOCC1. The number of hydrogen-bond donors (Lipinski definition) is 1. The Morgan fingerprint density at radius 2 is 1.71 bits per heavy atom. The first-order valence-corrected chi connectivity index (χ1v) is 25.7. The lowest BCUT2D eigenvalue weighted by Gasteiger charge is -2.31. The first kappa shape index (κ1) is 38.2. The molecule has 0 radical (unpaired) electrons. The van der Waals surface area contributed by atoms with Gasteiger partial charge in [0.1, 0.15) is 24.7 Å². The lowest BCUT2D eigenvalue weighted by molar-refractivity contribution is -0.136. The Bertz CT molecular complexity index is 1740. The molecule has 282 valence electrons. The summed E-state index contributed by atoms with van der Waals surface area (Å²) in [5.74, 6) is 0.465. The minimum atomic E-state index is -4.72. The molecular weight excluding hydrogens is 694 g/mol. The van der Waals surface area contributed by atoms with E-state index in [1.165, 1.54) is 0 Å². The van der Waals surface area contributed by atoms with Gasteiger partial charge in [-0.2, -0.15) is 18.3 Å². The fourth-order valence-corrected chi connectivity index (χ4v) is 8.68. The molecule has 6 rings (SSSR count). The molecule has 3 aromatic rings. The van der Waals surface area contributed by atoms with Crippen LogP contribution in [0.5, 0.6) is 0 Å². The smallest absolute Gasteiger partial charge is 0.379 e. The molecule has 0 bridgehead atoms. The van der Waals surface area contributed by atoms with Crippen molar-refractivity contribution in [1.82, 2.24) is 24.2 Å². The molecule has 51 heavy (non-hydrogen) atoms. The lowest BCUT2D eigenvalue weighted by Crippen LogP contribution is -2.47. The number of alkyl halides is 3. The van der Waals surface area contributed by atoms with Crippen LogP contribution in [0.1, 0.15) is 37.1 Å². The number of nitrogens with one attached hydrogen (secondary N) is 1. The number of aromatic nitrogens is 4. The predicted octanol–water partition coefficient (Wildman–Crippen LogP) is 7.33. The summed E-state index contributed by atoms with van der Waals surface area (Å²) < 4.78 is 66.0. The molecule has 0 unspecified atom stereocenters. The summed E-state index contributed by atoms with van der Waals surface area (Å²) in [5.41, 5.74) is 2.10. The zero-order valence-electron chi connectivity index (χ0n) is 31.5. The number of carbonyl (C=O) groups is 1. The Balaban J connectivity index is 1.42. The number of rotatable bonds is 14. The molecule has 1 saturated carbocycles. The van der Waals surface area contributed by atoms with Gasteiger partial charge in [0.2, 0.25) is 5.91 Å². The molecule has 10 nitrogen and oxygen atoms in total. The van der Waals surface area contributed by atoms with E-state index >= 15 is 0 Å². The number of carbonyl (C=O) groups excluding carboxylic acids is 1. The molecule has 2 aromatic heterocycles.